The molecule has 7 heteroatoms. The number of fused-ring (bicyclic) bond motifs is 4. The van der Waals surface area contributed by atoms with E-state index in [2.05, 4.69) is 16.4 Å². The number of aromatic nitrogens is 1. The number of anilines is 1. The van der Waals surface area contributed by atoms with Gasteiger partial charge in [0.2, 0.25) is 6.79 Å². The lowest BCUT2D eigenvalue weighted by Gasteiger charge is -2.11. The standard InChI is InChI=1S/C23H18N2O5/c1-13(26)17-9-21-22(30-12-29-21)10-20(17)25-23(27)11-28-14-6-7-16-15-4-2-3-5-18(15)24-19(16)8-14/h2-10,24H,11-12H2,1H3,(H,25,27). The number of ether oxygens (including phenoxy) is 3. The van der Waals surface area contributed by atoms with Crippen LogP contribution in [0.2, 0.25) is 0 Å². The Labute approximate surface area is 171 Å². The highest BCUT2D eigenvalue weighted by Gasteiger charge is 2.20. The summed E-state index contributed by atoms with van der Waals surface area (Å²) < 4.78 is 16.3. The average molecular weight is 402 g/mol. The predicted molar refractivity (Wildman–Crippen MR) is 112 cm³/mol. The highest BCUT2D eigenvalue weighted by atomic mass is 16.7. The molecule has 0 radical (unpaired) electrons. The van der Waals surface area contributed by atoms with Crippen LogP contribution < -0.4 is 19.5 Å². The molecule has 30 heavy (non-hydrogen) atoms. The molecule has 1 amide bonds. The monoisotopic (exact) mass is 402 g/mol. The average Bonchev–Trinajstić information content (AvgIpc) is 3.34. The van der Waals surface area contributed by atoms with Crippen molar-refractivity contribution in [2.24, 2.45) is 0 Å². The molecule has 7 nitrogen and oxygen atoms in total. The predicted octanol–water partition coefficient (Wildman–Crippen LogP) is 4.27. The van der Waals surface area contributed by atoms with E-state index in [9.17, 15) is 9.59 Å². The summed E-state index contributed by atoms with van der Waals surface area (Å²) in [5.41, 5.74) is 2.70. The Balaban J connectivity index is 1.32. The van der Waals surface area contributed by atoms with E-state index in [0.29, 0.717) is 28.5 Å². The van der Waals surface area contributed by atoms with Crippen molar-refractivity contribution in [3.05, 3.63) is 60.2 Å². The Bertz CT molecular complexity index is 1310. The maximum absolute atomic E-state index is 12.4. The summed E-state index contributed by atoms with van der Waals surface area (Å²) in [4.78, 5) is 27.7. The number of Topliss-reactive ketones (excluding diaryl/α,β-unsaturated/α-hetero) is 1. The smallest absolute Gasteiger partial charge is 0.262 e. The van der Waals surface area contributed by atoms with Crippen molar-refractivity contribution in [1.29, 1.82) is 0 Å². The molecule has 2 heterocycles. The first kappa shape index (κ1) is 18.1. The summed E-state index contributed by atoms with van der Waals surface area (Å²) in [6, 6.07) is 16.9. The van der Waals surface area contributed by atoms with Gasteiger partial charge in [-0.25, -0.2) is 0 Å². The van der Waals surface area contributed by atoms with E-state index in [1.54, 1.807) is 12.1 Å². The van der Waals surface area contributed by atoms with E-state index < -0.39 is 0 Å². The Morgan fingerprint density at radius 3 is 2.60 bits per heavy atom. The molecule has 2 N–H and O–H groups in total. The number of hydrogen-bond acceptors (Lipinski definition) is 5. The fourth-order valence-electron chi connectivity index (χ4n) is 3.60. The number of rotatable bonds is 5. The molecule has 0 saturated carbocycles. The van der Waals surface area contributed by atoms with Crippen LogP contribution >= 0.6 is 0 Å². The van der Waals surface area contributed by atoms with E-state index >= 15 is 0 Å². The van der Waals surface area contributed by atoms with Crippen LogP contribution in [0.1, 0.15) is 17.3 Å². The molecule has 1 aliphatic rings. The first-order valence-electron chi connectivity index (χ1n) is 9.46. The molecule has 3 aromatic carbocycles. The minimum absolute atomic E-state index is 0.0867. The van der Waals surface area contributed by atoms with Crippen LogP contribution in [0, 0.1) is 0 Å². The number of benzene rings is 3. The second-order valence-electron chi connectivity index (χ2n) is 7.02. The Morgan fingerprint density at radius 2 is 1.77 bits per heavy atom. The van der Waals surface area contributed by atoms with Crippen LogP contribution in [0.15, 0.2) is 54.6 Å². The van der Waals surface area contributed by atoms with Crippen LogP contribution in [0.4, 0.5) is 5.69 Å². The maximum atomic E-state index is 12.4. The summed E-state index contributed by atoms with van der Waals surface area (Å²) in [5.74, 6) is 0.977. The van der Waals surface area contributed by atoms with Crippen molar-refractivity contribution in [3.63, 3.8) is 0 Å². The highest BCUT2D eigenvalue weighted by Crippen LogP contribution is 2.37. The quantitative estimate of drug-likeness (QED) is 0.487. The molecule has 5 rings (SSSR count). The van der Waals surface area contributed by atoms with Crippen molar-refractivity contribution in [2.75, 3.05) is 18.7 Å². The molecule has 0 aliphatic carbocycles. The minimum Gasteiger partial charge on any atom is -0.484 e. The maximum Gasteiger partial charge on any atom is 0.262 e. The molecule has 1 aliphatic heterocycles. The molecule has 1 aromatic heterocycles. The van der Waals surface area contributed by atoms with Gasteiger partial charge in [-0.2, -0.15) is 0 Å². The molecule has 0 bridgehead atoms. The van der Waals surface area contributed by atoms with Gasteiger partial charge in [0, 0.05) is 34.0 Å². The van der Waals surface area contributed by atoms with Gasteiger partial charge in [-0.15, -0.1) is 0 Å². The van der Waals surface area contributed by atoms with Crippen molar-refractivity contribution >= 4 is 39.2 Å². The minimum atomic E-state index is -0.381. The molecule has 0 saturated heterocycles. The fraction of sp³-hybridized carbons (Fsp3) is 0.130. The van der Waals surface area contributed by atoms with Gasteiger partial charge in [0.05, 0.1) is 11.2 Å². The van der Waals surface area contributed by atoms with Gasteiger partial charge in [-0.05, 0) is 31.2 Å². The van der Waals surface area contributed by atoms with Gasteiger partial charge >= 0.3 is 0 Å². The van der Waals surface area contributed by atoms with E-state index in [4.69, 9.17) is 14.2 Å². The molecular formula is C23H18N2O5. The van der Waals surface area contributed by atoms with Crippen LogP contribution in [0.3, 0.4) is 0 Å². The lowest BCUT2D eigenvalue weighted by molar-refractivity contribution is -0.118. The van der Waals surface area contributed by atoms with Crippen molar-refractivity contribution in [3.8, 4) is 17.2 Å². The van der Waals surface area contributed by atoms with Gasteiger partial charge < -0.3 is 24.5 Å². The van der Waals surface area contributed by atoms with Crippen molar-refractivity contribution in [1.82, 2.24) is 4.98 Å². The molecule has 0 spiro atoms. The van der Waals surface area contributed by atoms with Gasteiger partial charge in [-0.3, -0.25) is 9.59 Å². The summed E-state index contributed by atoms with van der Waals surface area (Å²) in [6.07, 6.45) is 0. The van der Waals surface area contributed by atoms with E-state index in [-0.39, 0.29) is 25.1 Å². The van der Waals surface area contributed by atoms with Crippen LogP contribution in [-0.2, 0) is 4.79 Å². The third-order valence-corrected chi connectivity index (χ3v) is 5.01. The van der Waals surface area contributed by atoms with Gasteiger partial charge in [0.15, 0.2) is 23.9 Å². The Morgan fingerprint density at radius 1 is 1.00 bits per heavy atom. The number of H-pyrrole nitrogens is 1. The van der Waals surface area contributed by atoms with E-state index in [0.717, 1.165) is 21.8 Å². The topological polar surface area (TPSA) is 89.7 Å². The first-order chi connectivity index (χ1) is 14.6. The third kappa shape index (κ3) is 3.20. The van der Waals surface area contributed by atoms with Gasteiger partial charge in [0.1, 0.15) is 5.75 Å². The summed E-state index contributed by atoms with van der Waals surface area (Å²) in [5, 5.41) is 4.95. The fourth-order valence-corrected chi connectivity index (χ4v) is 3.60. The molecule has 150 valence electrons. The zero-order valence-corrected chi connectivity index (χ0v) is 16.2. The van der Waals surface area contributed by atoms with Crippen LogP contribution in [0.25, 0.3) is 21.8 Å². The second kappa shape index (κ2) is 7.11. The number of ketones is 1. The lowest BCUT2D eigenvalue weighted by Crippen LogP contribution is -2.21. The zero-order valence-electron chi connectivity index (χ0n) is 16.2. The molecule has 0 unspecified atom stereocenters. The zero-order chi connectivity index (χ0) is 20.7. The SMILES string of the molecule is CC(=O)c1cc2c(cc1NC(=O)COc1ccc3c(c1)[nH]c1ccccc13)OCO2. The number of nitrogens with one attached hydrogen (secondary N) is 2. The molecular weight excluding hydrogens is 384 g/mol. The summed E-state index contributed by atoms with van der Waals surface area (Å²) in [7, 11) is 0. The molecule has 0 atom stereocenters. The number of para-hydroxylation sites is 1. The van der Waals surface area contributed by atoms with Gasteiger partial charge in [-0.1, -0.05) is 18.2 Å². The Kier molecular flexibility index (Phi) is 4.28. The number of hydrogen-bond donors (Lipinski definition) is 2. The number of aromatic amines is 1. The second-order valence-corrected chi connectivity index (χ2v) is 7.02. The molecule has 4 aromatic rings. The van der Waals surface area contributed by atoms with Gasteiger partial charge in [0.25, 0.3) is 5.91 Å². The number of amides is 1. The number of carbonyl (C=O) groups excluding carboxylic acids is 2. The number of carbonyl (C=O) groups is 2. The summed E-state index contributed by atoms with van der Waals surface area (Å²) in [6.45, 7) is 1.32. The third-order valence-electron chi connectivity index (χ3n) is 5.01. The van der Waals surface area contributed by atoms with Crippen molar-refractivity contribution < 1.29 is 23.8 Å². The van der Waals surface area contributed by atoms with Crippen LogP contribution in [-0.4, -0.2) is 30.1 Å². The first-order valence-corrected chi connectivity index (χ1v) is 9.46. The normalized spacial score (nSPS) is 12.3. The summed E-state index contributed by atoms with van der Waals surface area (Å²) >= 11 is 0. The largest absolute Gasteiger partial charge is 0.484 e. The van der Waals surface area contributed by atoms with Crippen molar-refractivity contribution in [2.45, 2.75) is 6.92 Å². The van der Waals surface area contributed by atoms with E-state index in [1.807, 2.05) is 36.4 Å². The lowest BCUT2D eigenvalue weighted by atomic mass is 10.1. The Hall–Kier alpha value is -4.00. The molecule has 0 fully saturated rings. The highest BCUT2D eigenvalue weighted by molar-refractivity contribution is 6.07. The van der Waals surface area contributed by atoms with E-state index in [1.165, 1.54) is 6.92 Å². The van der Waals surface area contributed by atoms with Crippen LogP contribution in [0.5, 0.6) is 17.2 Å².